The van der Waals surface area contributed by atoms with Crippen molar-refractivity contribution < 1.29 is 0 Å². The Morgan fingerprint density at radius 3 is 2.87 bits per heavy atom. The Bertz CT molecular complexity index is 293. The van der Waals surface area contributed by atoms with Crippen molar-refractivity contribution >= 4 is 0 Å². The zero-order valence-electron chi connectivity index (χ0n) is 9.61. The Balaban J connectivity index is 1.82. The molecule has 1 saturated carbocycles. The number of hydrogen-bond donors (Lipinski definition) is 1. The third kappa shape index (κ3) is 3.31. The first-order valence-electron chi connectivity index (χ1n) is 5.90. The normalized spacial score (nSPS) is 19.9. The van der Waals surface area contributed by atoms with Gasteiger partial charge in [0.2, 0.25) is 0 Å². The molecule has 15 heavy (non-hydrogen) atoms. The molecule has 1 N–H and O–H groups in total. The average molecular weight is 204 g/mol. The highest BCUT2D eigenvalue weighted by atomic mass is 15.0. The molecular weight excluding hydrogens is 184 g/mol. The quantitative estimate of drug-likeness (QED) is 0.796. The Morgan fingerprint density at radius 2 is 2.27 bits per heavy atom. The summed E-state index contributed by atoms with van der Waals surface area (Å²) < 4.78 is 0. The SMILES string of the molecule is CC(Cc1cccnc1)C(C)NC1CC1. The molecule has 1 aromatic heterocycles. The van der Waals surface area contributed by atoms with Crippen LogP contribution in [0.2, 0.25) is 0 Å². The van der Waals surface area contributed by atoms with Crippen LogP contribution in [0.5, 0.6) is 0 Å². The molecule has 82 valence electrons. The molecular formula is C13H20N2. The molecule has 0 aromatic carbocycles. The molecule has 0 bridgehead atoms. The number of hydrogen-bond acceptors (Lipinski definition) is 2. The summed E-state index contributed by atoms with van der Waals surface area (Å²) in [6.07, 6.45) is 7.66. The van der Waals surface area contributed by atoms with Crippen LogP contribution in [0.3, 0.4) is 0 Å². The molecule has 1 aliphatic rings. The summed E-state index contributed by atoms with van der Waals surface area (Å²) in [4.78, 5) is 4.15. The Morgan fingerprint density at radius 1 is 1.47 bits per heavy atom. The van der Waals surface area contributed by atoms with Gasteiger partial charge < -0.3 is 5.32 Å². The first-order chi connectivity index (χ1) is 7.25. The van der Waals surface area contributed by atoms with E-state index in [0.29, 0.717) is 12.0 Å². The Kier molecular flexibility index (Phi) is 3.37. The van der Waals surface area contributed by atoms with E-state index in [-0.39, 0.29) is 0 Å². The van der Waals surface area contributed by atoms with Crippen LogP contribution in [0, 0.1) is 5.92 Å². The fourth-order valence-electron chi connectivity index (χ4n) is 1.85. The molecule has 2 rings (SSSR count). The van der Waals surface area contributed by atoms with Gasteiger partial charge in [0, 0.05) is 24.5 Å². The first-order valence-corrected chi connectivity index (χ1v) is 5.90. The lowest BCUT2D eigenvalue weighted by molar-refractivity contribution is 0.395. The van der Waals surface area contributed by atoms with Crippen LogP contribution in [0.4, 0.5) is 0 Å². The van der Waals surface area contributed by atoms with Crippen LogP contribution in [-0.4, -0.2) is 17.1 Å². The zero-order valence-corrected chi connectivity index (χ0v) is 9.61. The van der Waals surface area contributed by atoms with Gasteiger partial charge in [-0.15, -0.1) is 0 Å². The van der Waals surface area contributed by atoms with E-state index in [1.807, 2.05) is 18.5 Å². The lowest BCUT2D eigenvalue weighted by Gasteiger charge is -2.21. The highest BCUT2D eigenvalue weighted by molar-refractivity contribution is 5.09. The van der Waals surface area contributed by atoms with E-state index in [1.165, 1.54) is 18.4 Å². The Hall–Kier alpha value is -0.890. The second-order valence-corrected chi connectivity index (χ2v) is 4.77. The average Bonchev–Trinajstić information content (AvgIpc) is 3.03. The number of rotatable bonds is 5. The van der Waals surface area contributed by atoms with Gasteiger partial charge >= 0.3 is 0 Å². The first kappa shape index (κ1) is 10.6. The standard InChI is InChI=1S/C13H20N2/c1-10(11(2)15-13-5-6-13)8-12-4-3-7-14-9-12/h3-4,7,9-11,13,15H,5-6,8H2,1-2H3. The van der Waals surface area contributed by atoms with Crippen LogP contribution in [0.15, 0.2) is 24.5 Å². The number of aromatic nitrogens is 1. The summed E-state index contributed by atoms with van der Waals surface area (Å²) in [7, 11) is 0. The third-order valence-electron chi connectivity index (χ3n) is 3.21. The molecule has 1 aromatic rings. The minimum atomic E-state index is 0.609. The van der Waals surface area contributed by atoms with Crippen molar-refractivity contribution in [2.24, 2.45) is 5.92 Å². The largest absolute Gasteiger partial charge is 0.311 e. The van der Waals surface area contributed by atoms with E-state index in [9.17, 15) is 0 Å². The minimum absolute atomic E-state index is 0.609. The second-order valence-electron chi connectivity index (χ2n) is 4.77. The molecule has 0 amide bonds. The number of pyridine rings is 1. The van der Waals surface area contributed by atoms with Crippen molar-refractivity contribution in [2.75, 3.05) is 0 Å². The lowest BCUT2D eigenvalue weighted by atomic mass is 9.96. The van der Waals surface area contributed by atoms with Gasteiger partial charge in [-0.25, -0.2) is 0 Å². The molecule has 1 heterocycles. The maximum atomic E-state index is 4.15. The summed E-state index contributed by atoms with van der Waals surface area (Å²) in [6, 6.07) is 5.59. The van der Waals surface area contributed by atoms with E-state index in [1.54, 1.807) is 0 Å². The van der Waals surface area contributed by atoms with Crippen molar-refractivity contribution in [3.8, 4) is 0 Å². The van der Waals surface area contributed by atoms with Gasteiger partial charge in [0.05, 0.1) is 0 Å². The van der Waals surface area contributed by atoms with Crippen LogP contribution in [0.25, 0.3) is 0 Å². The third-order valence-corrected chi connectivity index (χ3v) is 3.21. The molecule has 2 heteroatoms. The molecule has 0 aliphatic heterocycles. The number of nitrogens with zero attached hydrogens (tertiary/aromatic N) is 1. The minimum Gasteiger partial charge on any atom is -0.311 e. The molecule has 2 unspecified atom stereocenters. The highest BCUT2D eigenvalue weighted by Crippen LogP contribution is 2.21. The highest BCUT2D eigenvalue weighted by Gasteiger charge is 2.24. The Labute approximate surface area is 92.1 Å². The van der Waals surface area contributed by atoms with E-state index in [2.05, 4.69) is 30.2 Å². The molecule has 1 fully saturated rings. The van der Waals surface area contributed by atoms with Gasteiger partial charge in [-0.2, -0.15) is 0 Å². The van der Waals surface area contributed by atoms with Gasteiger partial charge in [0.15, 0.2) is 0 Å². The van der Waals surface area contributed by atoms with Crippen molar-refractivity contribution in [2.45, 2.75) is 45.2 Å². The lowest BCUT2D eigenvalue weighted by Crippen LogP contribution is -2.34. The van der Waals surface area contributed by atoms with Crippen molar-refractivity contribution in [3.05, 3.63) is 30.1 Å². The maximum absolute atomic E-state index is 4.15. The molecule has 2 nitrogen and oxygen atoms in total. The molecule has 1 aliphatic carbocycles. The van der Waals surface area contributed by atoms with Crippen molar-refractivity contribution in [1.82, 2.24) is 10.3 Å². The number of nitrogens with one attached hydrogen (secondary N) is 1. The summed E-state index contributed by atoms with van der Waals surface area (Å²) >= 11 is 0. The van der Waals surface area contributed by atoms with Crippen molar-refractivity contribution in [1.29, 1.82) is 0 Å². The van der Waals surface area contributed by atoms with E-state index in [0.717, 1.165) is 12.5 Å². The van der Waals surface area contributed by atoms with E-state index in [4.69, 9.17) is 0 Å². The molecule has 0 radical (unpaired) electrons. The van der Waals surface area contributed by atoms with Crippen LogP contribution in [-0.2, 0) is 6.42 Å². The predicted molar refractivity (Wildman–Crippen MR) is 62.7 cm³/mol. The maximum Gasteiger partial charge on any atom is 0.0299 e. The fraction of sp³-hybridized carbons (Fsp3) is 0.615. The van der Waals surface area contributed by atoms with Gasteiger partial charge in [-0.05, 0) is 43.7 Å². The molecule has 2 atom stereocenters. The van der Waals surface area contributed by atoms with Crippen molar-refractivity contribution in [3.63, 3.8) is 0 Å². The summed E-state index contributed by atoms with van der Waals surface area (Å²) in [5.41, 5.74) is 1.34. The van der Waals surface area contributed by atoms with E-state index >= 15 is 0 Å². The second kappa shape index (κ2) is 4.75. The zero-order chi connectivity index (χ0) is 10.7. The summed E-state index contributed by atoms with van der Waals surface area (Å²) in [5.74, 6) is 0.676. The topological polar surface area (TPSA) is 24.9 Å². The summed E-state index contributed by atoms with van der Waals surface area (Å²) in [5, 5.41) is 3.65. The molecule has 0 spiro atoms. The van der Waals surface area contributed by atoms with Crippen LogP contribution < -0.4 is 5.32 Å². The van der Waals surface area contributed by atoms with Crippen LogP contribution >= 0.6 is 0 Å². The van der Waals surface area contributed by atoms with Gasteiger partial charge in [0.1, 0.15) is 0 Å². The van der Waals surface area contributed by atoms with Crippen LogP contribution in [0.1, 0.15) is 32.3 Å². The van der Waals surface area contributed by atoms with Gasteiger partial charge in [-0.1, -0.05) is 13.0 Å². The molecule has 0 saturated heterocycles. The van der Waals surface area contributed by atoms with Gasteiger partial charge in [-0.3, -0.25) is 4.98 Å². The predicted octanol–water partition coefficient (Wildman–Crippen LogP) is 2.40. The van der Waals surface area contributed by atoms with Gasteiger partial charge in [0.25, 0.3) is 0 Å². The monoisotopic (exact) mass is 204 g/mol. The fourth-order valence-corrected chi connectivity index (χ4v) is 1.85. The summed E-state index contributed by atoms with van der Waals surface area (Å²) in [6.45, 7) is 4.60. The van der Waals surface area contributed by atoms with E-state index < -0.39 is 0 Å². The smallest absolute Gasteiger partial charge is 0.0299 e.